The number of ether oxygens (including phenoxy) is 1. The number of hydrogen-bond acceptors (Lipinski definition) is 4. The number of thioether (sulfide) groups is 1. The molecule has 186 valence electrons. The van der Waals surface area contributed by atoms with Gasteiger partial charge in [0.1, 0.15) is 12.4 Å². The smallest absolute Gasteiger partial charge is 0.298 e. The molecule has 1 aliphatic heterocycles. The van der Waals surface area contributed by atoms with Crippen LogP contribution in [0.2, 0.25) is 10.0 Å². The van der Waals surface area contributed by atoms with E-state index in [0.717, 1.165) is 40.0 Å². The van der Waals surface area contributed by atoms with E-state index >= 15 is 0 Å². The molecule has 0 aliphatic carbocycles. The number of amides is 2. The van der Waals surface area contributed by atoms with E-state index in [2.05, 4.69) is 4.57 Å². The molecule has 2 heterocycles. The predicted octanol–water partition coefficient (Wildman–Crippen LogP) is 8.22. The standard InChI is InChI=1S/C29H22Cl2N2O3S/c1-18-14-21(15-27-28(34)33(29(35)37-27)23-6-4-3-5-7-23)19(2)32(18)24-10-12-25(13-11-24)36-17-20-8-9-22(30)16-26(20)31/h3-16H,17H2,1-2H3/b27-15-. The Bertz CT molecular complexity index is 1530. The van der Waals surface area contributed by atoms with Crippen molar-refractivity contribution in [2.24, 2.45) is 0 Å². The van der Waals surface area contributed by atoms with Gasteiger partial charge >= 0.3 is 0 Å². The molecule has 0 bridgehead atoms. The first-order valence-corrected chi connectivity index (χ1v) is 13.1. The molecular weight excluding hydrogens is 527 g/mol. The number of aryl methyl sites for hydroxylation is 1. The summed E-state index contributed by atoms with van der Waals surface area (Å²) in [7, 11) is 0. The van der Waals surface area contributed by atoms with Gasteiger partial charge in [-0.05, 0) is 91.8 Å². The maximum absolute atomic E-state index is 13.0. The third kappa shape index (κ3) is 5.18. The van der Waals surface area contributed by atoms with Gasteiger partial charge in [-0.15, -0.1) is 0 Å². The van der Waals surface area contributed by atoms with E-state index < -0.39 is 0 Å². The van der Waals surface area contributed by atoms with Gasteiger partial charge in [-0.1, -0.05) is 47.5 Å². The van der Waals surface area contributed by atoms with Crippen molar-refractivity contribution >= 4 is 57.9 Å². The lowest BCUT2D eigenvalue weighted by Gasteiger charge is -2.12. The van der Waals surface area contributed by atoms with E-state index in [-0.39, 0.29) is 11.1 Å². The number of anilines is 1. The number of hydrogen-bond donors (Lipinski definition) is 0. The van der Waals surface area contributed by atoms with E-state index in [1.165, 1.54) is 4.90 Å². The lowest BCUT2D eigenvalue weighted by molar-refractivity contribution is -0.113. The first-order valence-electron chi connectivity index (χ1n) is 11.5. The molecule has 4 aromatic rings. The Hall–Kier alpha value is -3.45. The van der Waals surface area contributed by atoms with Crippen molar-refractivity contribution in [3.05, 3.63) is 116 Å². The lowest BCUT2D eigenvalue weighted by atomic mass is 10.2. The number of rotatable bonds is 6. The highest BCUT2D eigenvalue weighted by Crippen LogP contribution is 2.36. The van der Waals surface area contributed by atoms with E-state index in [1.54, 1.807) is 42.5 Å². The molecule has 8 heteroatoms. The van der Waals surface area contributed by atoms with Crippen molar-refractivity contribution < 1.29 is 14.3 Å². The Morgan fingerprint density at radius 3 is 2.32 bits per heavy atom. The lowest BCUT2D eigenvalue weighted by Crippen LogP contribution is -2.27. The van der Waals surface area contributed by atoms with Gasteiger partial charge in [0, 0.05) is 32.7 Å². The SMILES string of the molecule is Cc1cc(/C=C2\SC(=O)N(c3ccccc3)C2=O)c(C)n1-c1ccc(OCc2ccc(Cl)cc2Cl)cc1. The van der Waals surface area contributed by atoms with Crippen LogP contribution in [0, 0.1) is 13.8 Å². The highest BCUT2D eigenvalue weighted by molar-refractivity contribution is 8.19. The van der Waals surface area contributed by atoms with Gasteiger partial charge in [0.25, 0.3) is 11.1 Å². The predicted molar refractivity (Wildman–Crippen MR) is 151 cm³/mol. The molecule has 1 aliphatic rings. The van der Waals surface area contributed by atoms with Crippen molar-refractivity contribution in [2.75, 3.05) is 4.90 Å². The first-order chi connectivity index (χ1) is 17.8. The summed E-state index contributed by atoms with van der Waals surface area (Å²) in [5, 5.41) is 0.852. The van der Waals surface area contributed by atoms with Crippen molar-refractivity contribution in [3.8, 4) is 11.4 Å². The maximum atomic E-state index is 13.0. The van der Waals surface area contributed by atoms with E-state index in [9.17, 15) is 9.59 Å². The topological polar surface area (TPSA) is 51.5 Å². The molecule has 5 nitrogen and oxygen atoms in total. The quantitative estimate of drug-likeness (QED) is 0.228. The molecule has 1 fully saturated rings. The molecule has 1 aromatic heterocycles. The van der Waals surface area contributed by atoms with Crippen LogP contribution in [0.15, 0.2) is 83.8 Å². The fourth-order valence-corrected chi connectivity index (χ4v) is 5.53. The highest BCUT2D eigenvalue weighted by atomic mass is 35.5. The minimum absolute atomic E-state index is 0.299. The molecular formula is C29H22Cl2N2O3S. The van der Waals surface area contributed by atoms with E-state index in [0.29, 0.717) is 33.0 Å². The van der Waals surface area contributed by atoms with Crippen molar-refractivity contribution in [1.82, 2.24) is 4.57 Å². The van der Waals surface area contributed by atoms with Gasteiger partial charge in [-0.3, -0.25) is 9.59 Å². The average molecular weight is 549 g/mol. The number of halogens is 2. The molecule has 3 aromatic carbocycles. The summed E-state index contributed by atoms with van der Waals surface area (Å²) in [6, 6.07) is 24.1. The van der Waals surface area contributed by atoms with Crippen LogP contribution in [0.5, 0.6) is 5.75 Å². The molecule has 0 unspecified atom stereocenters. The largest absolute Gasteiger partial charge is 0.489 e. The molecule has 0 saturated carbocycles. The minimum atomic E-state index is -0.312. The van der Waals surface area contributed by atoms with Gasteiger partial charge in [0.05, 0.1) is 10.6 Å². The Morgan fingerprint density at radius 2 is 1.62 bits per heavy atom. The molecule has 0 spiro atoms. The summed E-state index contributed by atoms with van der Waals surface area (Å²) in [6.07, 6.45) is 1.79. The van der Waals surface area contributed by atoms with Crippen LogP contribution < -0.4 is 9.64 Å². The Morgan fingerprint density at radius 1 is 0.892 bits per heavy atom. The fraction of sp³-hybridized carbons (Fsp3) is 0.103. The Balaban J connectivity index is 1.35. The Labute approximate surface area is 229 Å². The monoisotopic (exact) mass is 548 g/mol. The van der Waals surface area contributed by atoms with Crippen molar-refractivity contribution in [1.29, 1.82) is 0 Å². The normalized spacial score (nSPS) is 14.6. The van der Waals surface area contributed by atoms with Crippen molar-refractivity contribution in [3.63, 3.8) is 0 Å². The second-order valence-corrected chi connectivity index (χ2v) is 10.4. The highest BCUT2D eigenvalue weighted by Gasteiger charge is 2.36. The van der Waals surface area contributed by atoms with Gasteiger partial charge in [0.2, 0.25) is 0 Å². The zero-order valence-corrected chi connectivity index (χ0v) is 22.4. The van der Waals surface area contributed by atoms with Crippen LogP contribution >= 0.6 is 35.0 Å². The number of carbonyl (C=O) groups is 2. The number of para-hydroxylation sites is 1. The van der Waals surface area contributed by atoms with Crippen LogP contribution in [-0.4, -0.2) is 15.7 Å². The van der Waals surface area contributed by atoms with Crippen LogP contribution in [0.3, 0.4) is 0 Å². The number of aromatic nitrogens is 1. The molecule has 0 radical (unpaired) electrons. The summed E-state index contributed by atoms with van der Waals surface area (Å²) in [5.74, 6) is 0.403. The second kappa shape index (κ2) is 10.5. The molecule has 1 saturated heterocycles. The molecule has 5 rings (SSSR count). The third-order valence-corrected chi connectivity index (χ3v) is 7.53. The van der Waals surface area contributed by atoms with E-state index in [4.69, 9.17) is 27.9 Å². The third-order valence-electron chi connectivity index (χ3n) is 6.07. The molecule has 37 heavy (non-hydrogen) atoms. The first kappa shape index (κ1) is 25.2. The molecule has 2 amide bonds. The van der Waals surface area contributed by atoms with Gasteiger partial charge in [-0.2, -0.15) is 0 Å². The van der Waals surface area contributed by atoms with Gasteiger partial charge in [-0.25, -0.2) is 4.90 Å². The summed E-state index contributed by atoms with van der Waals surface area (Å²) < 4.78 is 8.01. The van der Waals surface area contributed by atoms with Crippen LogP contribution in [0.1, 0.15) is 22.5 Å². The van der Waals surface area contributed by atoms with Crippen LogP contribution in [0.25, 0.3) is 11.8 Å². The minimum Gasteiger partial charge on any atom is -0.489 e. The molecule has 0 atom stereocenters. The van der Waals surface area contributed by atoms with Gasteiger partial charge in [0.15, 0.2) is 0 Å². The van der Waals surface area contributed by atoms with Crippen molar-refractivity contribution in [2.45, 2.75) is 20.5 Å². The summed E-state index contributed by atoms with van der Waals surface area (Å²) >= 11 is 13.2. The molecule has 0 N–H and O–H groups in total. The van der Waals surface area contributed by atoms with Gasteiger partial charge < -0.3 is 9.30 Å². The van der Waals surface area contributed by atoms with Crippen LogP contribution in [-0.2, 0) is 11.4 Å². The zero-order chi connectivity index (χ0) is 26.1. The summed E-state index contributed by atoms with van der Waals surface area (Å²) in [4.78, 5) is 27.2. The Kier molecular flexibility index (Phi) is 7.15. The number of imide groups is 1. The number of carbonyl (C=O) groups excluding carboxylic acids is 2. The number of nitrogens with zero attached hydrogens (tertiary/aromatic N) is 2. The maximum Gasteiger partial charge on any atom is 0.298 e. The summed E-state index contributed by atoms with van der Waals surface area (Å²) in [6.45, 7) is 4.33. The zero-order valence-electron chi connectivity index (χ0n) is 20.1. The summed E-state index contributed by atoms with van der Waals surface area (Å²) in [5.41, 5.74) is 5.24. The second-order valence-electron chi connectivity index (χ2n) is 8.53. The number of benzene rings is 3. The van der Waals surface area contributed by atoms with Crippen LogP contribution in [0.4, 0.5) is 10.5 Å². The van der Waals surface area contributed by atoms with E-state index in [1.807, 2.05) is 56.3 Å². The fourth-order valence-electron chi connectivity index (χ4n) is 4.23. The average Bonchev–Trinajstić information content (AvgIpc) is 3.32.